The lowest BCUT2D eigenvalue weighted by atomic mass is 10.1. The van der Waals surface area contributed by atoms with E-state index in [0.29, 0.717) is 36.7 Å². The van der Waals surface area contributed by atoms with Crippen LogP contribution >= 0.6 is 0 Å². The van der Waals surface area contributed by atoms with E-state index in [1.54, 1.807) is 30.3 Å². The van der Waals surface area contributed by atoms with Crippen LogP contribution in [0.15, 0.2) is 66.9 Å². The average Bonchev–Trinajstić information content (AvgIpc) is 3.10. The maximum atomic E-state index is 12.9. The molecule has 2 heterocycles. The highest BCUT2D eigenvalue weighted by molar-refractivity contribution is 6.04. The van der Waals surface area contributed by atoms with Crippen LogP contribution in [0.1, 0.15) is 27.9 Å². The summed E-state index contributed by atoms with van der Waals surface area (Å²) in [6.07, 6.45) is -2.22. The van der Waals surface area contributed by atoms with E-state index < -0.39 is 17.6 Å². The number of aromatic nitrogens is 1. The maximum absolute atomic E-state index is 12.9. The molecule has 1 aromatic heterocycles. The van der Waals surface area contributed by atoms with Gasteiger partial charge in [0.1, 0.15) is 5.82 Å². The van der Waals surface area contributed by atoms with Crippen molar-refractivity contribution in [3.63, 3.8) is 0 Å². The Morgan fingerprint density at radius 2 is 1.83 bits per heavy atom. The Morgan fingerprint density at radius 1 is 1.03 bits per heavy atom. The Balaban J connectivity index is 1.36. The minimum absolute atomic E-state index is 0.0971. The van der Waals surface area contributed by atoms with Crippen molar-refractivity contribution in [3.8, 4) is 0 Å². The molecule has 1 aliphatic heterocycles. The van der Waals surface area contributed by atoms with Crippen molar-refractivity contribution in [2.24, 2.45) is 0 Å². The number of nitrogens with zero attached hydrogens (tertiary/aromatic N) is 4. The predicted molar refractivity (Wildman–Crippen MR) is 129 cm³/mol. The van der Waals surface area contributed by atoms with E-state index in [1.165, 1.54) is 24.4 Å². The number of rotatable bonds is 6. The first-order chi connectivity index (χ1) is 17.2. The second-order valence-corrected chi connectivity index (χ2v) is 8.44. The third-order valence-corrected chi connectivity index (χ3v) is 5.95. The van der Waals surface area contributed by atoms with Gasteiger partial charge in [0.15, 0.2) is 0 Å². The molecule has 188 valence electrons. The normalized spacial score (nSPS) is 14.8. The summed E-state index contributed by atoms with van der Waals surface area (Å²) in [5.41, 5.74) is 0.174. The van der Waals surface area contributed by atoms with Crippen molar-refractivity contribution in [2.45, 2.75) is 19.1 Å². The molecular weight excluding hydrogens is 475 g/mol. The number of nitrogens with one attached hydrogen (secondary N) is 1. The van der Waals surface area contributed by atoms with Crippen LogP contribution in [0, 0.1) is 10.1 Å². The second kappa shape index (κ2) is 10.7. The molecule has 0 saturated carbocycles. The molecule has 3 aromatic rings. The number of nitro benzene ring substituents is 1. The molecule has 0 unspecified atom stereocenters. The largest absolute Gasteiger partial charge is 0.416 e. The van der Waals surface area contributed by atoms with Crippen LogP contribution in [-0.4, -0.2) is 46.9 Å². The van der Waals surface area contributed by atoms with Gasteiger partial charge < -0.3 is 10.2 Å². The van der Waals surface area contributed by atoms with Crippen LogP contribution in [0.2, 0.25) is 0 Å². The fourth-order valence-electron chi connectivity index (χ4n) is 4.11. The highest BCUT2D eigenvalue weighted by atomic mass is 19.4. The molecular formula is C25H24F3N5O3. The Morgan fingerprint density at radius 3 is 2.56 bits per heavy atom. The highest BCUT2D eigenvalue weighted by Crippen LogP contribution is 2.29. The second-order valence-electron chi connectivity index (χ2n) is 8.44. The van der Waals surface area contributed by atoms with Crippen LogP contribution < -0.4 is 10.2 Å². The molecule has 8 nitrogen and oxygen atoms in total. The average molecular weight is 499 g/mol. The van der Waals surface area contributed by atoms with Gasteiger partial charge >= 0.3 is 6.18 Å². The molecule has 1 amide bonds. The number of halogens is 3. The van der Waals surface area contributed by atoms with Gasteiger partial charge in [-0.15, -0.1) is 0 Å². The predicted octanol–water partition coefficient (Wildman–Crippen LogP) is 4.97. The van der Waals surface area contributed by atoms with E-state index in [-0.39, 0.29) is 16.2 Å². The molecule has 1 aliphatic rings. The summed E-state index contributed by atoms with van der Waals surface area (Å²) < 4.78 is 38.7. The van der Waals surface area contributed by atoms with Gasteiger partial charge in [-0.3, -0.25) is 19.8 Å². The first kappa shape index (κ1) is 25.1. The number of hydrogen-bond acceptors (Lipinski definition) is 6. The Labute approximate surface area is 205 Å². The zero-order valence-corrected chi connectivity index (χ0v) is 19.2. The number of carbonyl (C=O) groups excluding carboxylic acids is 1. The van der Waals surface area contributed by atoms with E-state index in [1.807, 2.05) is 0 Å². The van der Waals surface area contributed by atoms with Gasteiger partial charge in [-0.25, -0.2) is 4.98 Å². The zero-order valence-electron chi connectivity index (χ0n) is 19.2. The van der Waals surface area contributed by atoms with Crippen molar-refractivity contribution >= 4 is 23.1 Å². The first-order valence-corrected chi connectivity index (χ1v) is 11.3. The lowest BCUT2D eigenvalue weighted by Gasteiger charge is -2.23. The maximum Gasteiger partial charge on any atom is 0.416 e. The quantitative estimate of drug-likeness (QED) is 0.380. The minimum atomic E-state index is -4.53. The zero-order chi connectivity index (χ0) is 25.7. The summed E-state index contributed by atoms with van der Waals surface area (Å²) in [7, 11) is 0. The number of para-hydroxylation sites is 1. The van der Waals surface area contributed by atoms with E-state index in [2.05, 4.69) is 20.1 Å². The van der Waals surface area contributed by atoms with Gasteiger partial charge in [0.2, 0.25) is 0 Å². The van der Waals surface area contributed by atoms with Gasteiger partial charge in [-0.2, -0.15) is 13.2 Å². The number of alkyl halides is 3. The fourth-order valence-corrected chi connectivity index (χ4v) is 4.11. The molecule has 0 spiro atoms. The van der Waals surface area contributed by atoms with Gasteiger partial charge in [-0.05, 0) is 36.8 Å². The monoisotopic (exact) mass is 499 g/mol. The Hall–Kier alpha value is -3.99. The van der Waals surface area contributed by atoms with Crippen molar-refractivity contribution in [3.05, 3.63) is 93.7 Å². The van der Waals surface area contributed by atoms with Gasteiger partial charge in [0, 0.05) is 49.9 Å². The van der Waals surface area contributed by atoms with Gasteiger partial charge in [0.05, 0.1) is 22.4 Å². The number of nitro groups is 1. The SMILES string of the molecule is O=C(Nc1ccc(N2CCCN(Cc3ccccc3[N+](=O)[O-])CC2)nc1)c1cccc(C(F)(F)F)c1. The standard InChI is InChI=1S/C25H24F3N5O3/c26-25(27,28)20-7-3-6-18(15-20)24(34)30-21-9-10-23(29-16-21)32-12-4-11-31(13-14-32)17-19-5-1-2-8-22(19)33(35)36/h1-3,5-10,15-16H,4,11-14,17H2,(H,30,34). The molecule has 1 fully saturated rings. The lowest BCUT2D eigenvalue weighted by molar-refractivity contribution is -0.385. The number of amides is 1. The van der Waals surface area contributed by atoms with Gasteiger partial charge in [-0.1, -0.05) is 24.3 Å². The van der Waals surface area contributed by atoms with Crippen LogP contribution in [0.4, 0.5) is 30.4 Å². The Kier molecular flexibility index (Phi) is 7.49. The highest BCUT2D eigenvalue weighted by Gasteiger charge is 2.31. The number of pyridine rings is 1. The number of carbonyl (C=O) groups is 1. The van der Waals surface area contributed by atoms with E-state index in [0.717, 1.165) is 31.6 Å². The molecule has 36 heavy (non-hydrogen) atoms. The van der Waals surface area contributed by atoms with Crippen molar-refractivity contribution in [2.75, 3.05) is 36.4 Å². The van der Waals surface area contributed by atoms with Gasteiger partial charge in [0.25, 0.3) is 11.6 Å². The molecule has 0 bridgehead atoms. The van der Waals surface area contributed by atoms with Crippen molar-refractivity contribution in [1.29, 1.82) is 0 Å². The molecule has 2 aromatic carbocycles. The number of benzene rings is 2. The summed E-state index contributed by atoms with van der Waals surface area (Å²) in [4.78, 5) is 32.0. The molecule has 0 radical (unpaired) electrons. The van der Waals surface area contributed by atoms with E-state index in [9.17, 15) is 28.1 Å². The molecule has 0 aliphatic carbocycles. The first-order valence-electron chi connectivity index (χ1n) is 11.3. The summed E-state index contributed by atoms with van der Waals surface area (Å²) in [5.74, 6) is 0.0516. The summed E-state index contributed by atoms with van der Waals surface area (Å²) in [6, 6.07) is 14.4. The smallest absolute Gasteiger partial charge is 0.355 e. The number of hydrogen-bond donors (Lipinski definition) is 1. The van der Waals surface area contributed by atoms with Crippen LogP contribution in [0.5, 0.6) is 0 Å². The topological polar surface area (TPSA) is 91.6 Å². The molecule has 1 saturated heterocycles. The molecule has 1 N–H and O–H groups in total. The van der Waals surface area contributed by atoms with Crippen molar-refractivity contribution in [1.82, 2.24) is 9.88 Å². The minimum Gasteiger partial charge on any atom is -0.355 e. The van der Waals surface area contributed by atoms with Crippen molar-refractivity contribution < 1.29 is 22.9 Å². The Bertz CT molecular complexity index is 1230. The van der Waals surface area contributed by atoms with Crippen LogP contribution in [0.25, 0.3) is 0 Å². The lowest BCUT2D eigenvalue weighted by Crippen LogP contribution is -2.31. The summed E-state index contributed by atoms with van der Waals surface area (Å²) >= 11 is 0. The summed E-state index contributed by atoms with van der Waals surface area (Å²) in [6.45, 7) is 3.38. The third kappa shape index (κ3) is 6.16. The molecule has 11 heteroatoms. The van der Waals surface area contributed by atoms with E-state index in [4.69, 9.17) is 0 Å². The summed E-state index contributed by atoms with van der Waals surface area (Å²) in [5, 5.41) is 13.9. The number of anilines is 2. The third-order valence-electron chi connectivity index (χ3n) is 5.95. The van der Waals surface area contributed by atoms with Crippen LogP contribution in [-0.2, 0) is 12.7 Å². The van der Waals surface area contributed by atoms with Crippen LogP contribution in [0.3, 0.4) is 0 Å². The van der Waals surface area contributed by atoms with E-state index >= 15 is 0 Å². The fraction of sp³-hybridized carbons (Fsp3) is 0.280. The molecule has 4 rings (SSSR count). The molecule has 0 atom stereocenters.